The Hall–Kier alpha value is -3.08. The molecule has 2 heterocycles. The molecule has 2 aromatic rings. The van der Waals surface area contributed by atoms with E-state index in [0.717, 1.165) is 17.4 Å². The molecule has 0 radical (unpaired) electrons. The van der Waals surface area contributed by atoms with Crippen LogP contribution in [0.25, 0.3) is 11.2 Å². The molecule has 0 spiro atoms. The molecule has 158 valence electrons. The number of carbonyl (C=O) groups is 1. The second-order valence-electron chi connectivity index (χ2n) is 8.24. The van der Waals surface area contributed by atoms with Crippen LogP contribution in [0.2, 0.25) is 0 Å². The van der Waals surface area contributed by atoms with Crippen molar-refractivity contribution < 1.29 is 4.79 Å². The van der Waals surface area contributed by atoms with Crippen LogP contribution in [0.1, 0.15) is 53.9 Å². The van der Waals surface area contributed by atoms with E-state index >= 15 is 0 Å². The number of carbonyl (C=O) groups excluding carboxylic acids is 1. The van der Waals surface area contributed by atoms with Gasteiger partial charge < -0.3 is 4.98 Å². The fraction of sp³-hybridized carbons (Fsp3) is 0.360. The van der Waals surface area contributed by atoms with E-state index in [2.05, 4.69) is 65.9 Å². The van der Waals surface area contributed by atoms with Gasteiger partial charge in [0.1, 0.15) is 18.1 Å². The van der Waals surface area contributed by atoms with Crippen molar-refractivity contribution in [3.63, 3.8) is 0 Å². The summed E-state index contributed by atoms with van der Waals surface area (Å²) in [7, 11) is 0. The molecule has 0 unspecified atom stereocenters. The largest absolute Gasteiger partial charge is 0.342 e. The molecular formula is C25H32N4O. The average molecular weight is 405 g/mol. The Morgan fingerprint density at radius 1 is 1.13 bits per heavy atom. The number of nitrogens with one attached hydrogen (secondary N) is 1. The van der Waals surface area contributed by atoms with Crippen molar-refractivity contribution in [2.24, 2.45) is 5.41 Å². The summed E-state index contributed by atoms with van der Waals surface area (Å²) in [6.07, 6.45) is 21.4. The molecular weight excluding hydrogens is 372 g/mol. The molecule has 0 fully saturated rings. The van der Waals surface area contributed by atoms with Crippen LogP contribution in [0, 0.1) is 5.41 Å². The van der Waals surface area contributed by atoms with Crippen molar-refractivity contribution in [3.8, 4) is 0 Å². The summed E-state index contributed by atoms with van der Waals surface area (Å²) in [5, 5.41) is 0. The maximum absolute atomic E-state index is 10.3. The summed E-state index contributed by atoms with van der Waals surface area (Å²) >= 11 is 0. The maximum atomic E-state index is 10.3. The van der Waals surface area contributed by atoms with Gasteiger partial charge in [0.2, 0.25) is 0 Å². The first-order chi connectivity index (χ1) is 14.3. The number of fused-ring (bicyclic) bond motifs is 1. The second-order valence-corrected chi connectivity index (χ2v) is 8.24. The SMILES string of the molecule is CC1=C(/C=C/C(C)=C/C=C/C(C)=C/C=O)C(C)(C)CCC1.c1ncc2[nH]cnc2n1. The average Bonchev–Trinajstić information content (AvgIpc) is 3.16. The van der Waals surface area contributed by atoms with Crippen LogP contribution >= 0.6 is 0 Å². The fourth-order valence-corrected chi connectivity index (χ4v) is 3.49. The first-order valence-corrected chi connectivity index (χ1v) is 10.3. The molecule has 0 atom stereocenters. The van der Waals surface area contributed by atoms with Crippen molar-refractivity contribution in [2.45, 2.75) is 53.9 Å². The van der Waals surface area contributed by atoms with Gasteiger partial charge in [0.05, 0.1) is 12.5 Å². The highest BCUT2D eigenvalue weighted by Gasteiger charge is 2.26. The van der Waals surface area contributed by atoms with E-state index in [1.165, 1.54) is 42.3 Å². The van der Waals surface area contributed by atoms with Crippen LogP contribution < -0.4 is 0 Å². The number of rotatable bonds is 5. The maximum Gasteiger partial charge on any atom is 0.180 e. The van der Waals surface area contributed by atoms with E-state index in [1.807, 2.05) is 19.1 Å². The quantitative estimate of drug-likeness (QED) is 0.373. The third kappa shape index (κ3) is 7.07. The molecule has 30 heavy (non-hydrogen) atoms. The van der Waals surface area contributed by atoms with Crippen molar-refractivity contribution >= 4 is 17.5 Å². The van der Waals surface area contributed by atoms with E-state index in [9.17, 15) is 4.79 Å². The predicted molar refractivity (Wildman–Crippen MR) is 124 cm³/mol. The van der Waals surface area contributed by atoms with Gasteiger partial charge in [-0.25, -0.2) is 15.0 Å². The van der Waals surface area contributed by atoms with Crippen molar-refractivity contribution in [1.82, 2.24) is 19.9 Å². The van der Waals surface area contributed by atoms with Crippen LogP contribution in [-0.4, -0.2) is 26.2 Å². The number of allylic oxidation sites excluding steroid dienone is 10. The number of hydrogen-bond acceptors (Lipinski definition) is 4. The van der Waals surface area contributed by atoms with Gasteiger partial charge in [0, 0.05) is 0 Å². The first-order valence-electron chi connectivity index (χ1n) is 10.3. The van der Waals surface area contributed by atoms with Crippen LogP contribution in [0.4, 0.5) is 0 Å². The number of hydrogen-bond donors (Lipinski definition) is 1. The lowest BCUT2D eigenvalue weighted by atomic mass is 9.72. The number of aromatic nitrogens is 4. The summed E-state index contributed by atoms with van der Waals surface area (Å²) in [4.78, 5) is 24.8. The summed E-state index contributed by atoms with van der Waals surface area (Å²) in [6, 6.07) is 0. The zero-order valence-electron chi connectivity index (χ0n) is 18.6. The summed E-state index contributed by atoms with van der Waals surface area (Å²) < 4.78 is 0. The lowest BCUT2D eigenvalue weighted by molar-refractivity contribution is -0.104. The molecule has 0 aromatic carbocycles. The Labute approximate surface area is 179 Å². The standard InChI is InChI=1S/C20H28O.C5H4N4/c1-16(8-6-9-17(2)13-15-21)11-12-19-18(3)10-7-14-20(19,4)5;1-4-5(8-2-6-1)9-3-7-4/h6,8-9,11-13,15H,7,10,14H2,1-5H3;1-3H,(H,6,7,8,9)/b9-6+,12-11+,16-8+,17-13+;. The lowest BCUT2D eigenvalue weighted by Crippen LogP contribution is -2.19. The molecule has 0 saturated heterocycles. The van der Waals surface area contributed by atoms with E-state index < -0.39 is 0 Å². The summed E-state index contributed by atoms with van der Waals surface area (Å²) in [5.74, 6) is 0. The minimum Gasteiger partial charge on any atom is -0.342 e. The predicted octanol–water partition coefficient (Wildman–Crippen LogP) is 6.07. The second kappa shape index (κ2) is 11.2. The van der Waals surface area contributed by atoms with E-state index in [-0.39, 0.29) is 5.41 Å². The highest BCUT2D eigenvalue weighted by atomic mass is 16.1. The molecule has 5 nitrogen and oxygen atoms in total. The normalized spacial score (nSPS) is 17.5. The third-order valence-electron chi connectivity index (χ3n) is 5.20. The molecule has 1 aliphatic carbocycles. The van der Waals surface area contributed by atoms with Crippen LogP contribution in [0.15, 0.2) is 77.6 Å². The minimum atomic E-state index is 0.290. The van der Waals surface area contributed by atoms with Crippen LogP contribution in [0.5, 0.6) is 0 Å². The van der Waals surface area contributed by atoms with Crippen molar-refractivity contribution in [2.75, 3.05) is 0 Å². The highest BCUT2D eigenvalue weighted by Crippen LogP contribution is 2.40. The first kappa shape index (κ1) is 23.2. The number of aromatic amines is 1. The van der Waals surface area contributed by atoms with Gasteiger partial charge in [-0.3, -0.25) is 4.79 Å². The molecule has 0 aliphatic heterocycles. The Balaban J connectivity index is 0.000000290. The molecule has 1 aliphatic rings. The Kier molecular flexibility index (Phi) is 8.66. The van der Waals surface area contributed by atoms with E-state index in [1.54, 1.807) is 18.6 Å². The zero-order valence-corrected chi connectivity index (χ0v) is 18.6. The van der Waals surface area contributed by atoms with Gasteiger partial charge in [-0.2, -0.15) is 0 Å². The molecule has 5 heteroatoms. The van der Waals surface area contributed by atoms with E-state index in [0.29, 0.717) is 5.65 Å². The van der Waals surface area contributed by atoms with Crippen LogP contribution in [0.3, 0.4) is 0 Å². The fourth-order valence-electron chi connectivity index (χ4n) is 3.49. The lowest BCUT2D eigenvalue weighted by Gasteiger charge is -2.32. The Bertz CT molecular complexity index is 973. The van der Waals surface area contributed by atoms with Gasteiger partial charge in [-0.05, 0) is 62.7 Å². The smallest absolute Gasteiger partial charge is 0.180 e. The molecule has 0 saturated carbocycles. The van der Waals surface area contributed by atoms with Gasteiger partial charge >= 0.3 is 0 Å². The number of aldehydes is 1. The highest BCUT2D eigenvalue weighted by molar-refractivity contribution is 5.67. The molecule has 1 N–H and O–H groups in total. The van der Waals surface area contributed by atoms with Crippen molar-refractivity contribution in [1.29, 1.82) is 0 Å². The third-order valence-corrected chi connectivity index (χ3v) is 5.20. The van der Waals surface area contributed by atoms with Gasteiger partial charge in [-0.15, -0.1) is 0 Å². The number of H-pyrrole nitrogens is 1. The molecule has 0 amide bonds. The zero-order chi connectivity index (χ0) is 22.0. The number of nitrogens with zero attached hydrogens (tertiary/aromatic N) is 3. The topological polar surface area (TPSA) is 71.5 Å². The van der Waals surface area contributed by atoms with Gasteiger partial charge in [-0.1, -0.05) is 55.4 Å². The minimum absolute atomic E-state index is 0.290. The molecule has 0 bridgehead atoms. The van der Waals surface area contributed by atoms with Gasteiger partial charge in [0.15, 0.2) is 5.65 Å². The molecule has 2 aromatic heterocycles. The van der Waals surface area contributed by atoms with Gasteiger partial charge in [0.25, 0.3) is 0 Å². The Morgan fingerprint density at radius 2 is 1.90 bits per heavy atom. The summed E-state index contributed by atoms with van der Waals surface area (Å²) in [6.45, 7) is 10.9. The summed E-state index contributed by atoms with van der Waals surface area (Å²) in [5.41, 5.74) is 7.07. The van der Waals surface area contributed by atoms with E-state index in [4.69, 9.17) is 0 Å². The monoisotopic (exact) mass is 404 g/mol. The van der Waals surface area contributed by atoms with Crippen LogP contribution in [-0.2, 0) is 4.79 Å². The number of imidazole rings is 1. The Morgan fingerprint density at radius 3 is 2.60 bits per heavy atom. The molecule has 3 rings (SSSR count). The van der Waals surface area contributed by atoms with Crippen molar-refractivity contribution in [3.05, 3.63) is 77.6 Å².